The molecule has 2 aromatic heterocycles. The van der Waals surface area contributed by atoms with Gasteiger partial charge in [-0.2, -0.15) is 6.07 Å². The fraction of sp³-hybridized carbons (Fsp3) is 0.213. The van der Waals surface area contributed by atoms with Gasteiger partial charge in [0.1, 0.15) is 5.82 Å². The Balaban J connectivity index is 0.00000608. The van der Waals surface area contributed by atoms with Crippen LogP contribution in [0.1, 0.15) is 88.7 Å². The minimum absolute atomic E-state index is 0. The second-order valence-electron chi connectivity index (χ2n) is 20.6. The zero-order chi connectivity index (χ0) is 48.6. The molecule has 5 nitrogen and oxygen atoms in total. The second-order valence-corrected chi connectivity index (χ2v) is 20.6. The maximum Gasteiger partial charge on any atom is 0.135 e. The zero-order valence-corrected chi connectivity index (χ0v) is 41.9. The van der Waals surface area contributed by atoms with Crippen LogP contribution in [0, 0.1) is 25.7 Å². The van der Waals surface area contributed by atoms with Crippen molar-refractivity contribution in [2.45, 2.75) is 85.4 Å². The summed E-state index contributed by atoms with van der Waals surface area (Å²) in [5.74, 6) is 1.52. The number of anilines is 4. The first kappa shape index (κ1) is 42.0. The van der Waals surface area contributed by atoms with Crippen molar-refractivity contribution in [2.24, 2.45) is 0 Å². The van der Waals surface area contributed by atoms with E-state index in [-0.39, 0.29) is 42.9 Å². The summed E-state index contributed by atoms with van der Waals surface area (Å²) in [5.41, 5.74) is 12.6. The molecule has 1 aliphatic heterocycles. The largest absolute Gasteiger partial charge is 0.509 e. The average Bonchev–Trinajstić information content (AvgIpc) is 3.87. The van der Waals surface area contributed by atoms with Crippen LogP contribution in [0.2, 0.25) is 0 Å². The summed E-state index contributed by atoms with van der Waals surface area (Å²) >= 11 is 0. The molecule has 340 valence electrons. The van der Waals surface area contributed by atoms with Crippen LogP contribution in [-0.4, -0.2) is 9.55 Å². The van der Waals surface area contributed by atoms with Crippen molar-refractivity contribution in [1.82, 2.24) is 9.55 Å². The standard InChI is InChI=1S/C61H57N4O.Pt/c1-40-29-58(62-38-53(40)42-21-18-22-44(30-42)59(2,3)4)65-54-24-15-14-23-51(54)52-28-27-49(37-57(52)65)66-50-35-46(61(8,9)10)34-48(36-50)64-39-63(55-25-16-17-26-56(55)64)47-32-43(41-19-12-11-13-20-41)31-45(33-47)60(5,6)7;/h11-35,38-39H,1-10H3;/q-3;/i1D3;. The SMILES string of the molecule is [2H]C([2H])([2H])c1cc(-n2c3[c-]c(Oc4[c-]c(N5[CH-]N(c6cc(-c7ccccc7)cc(C(C)(C)C)c6)c6ccccc65)cc(C(C)(C)C)c4)ccc3c3ccccc32)ncc1-c1cccc(C(C)(C)C)c1.[Pt]. The summed E-state index contributed by atoms with van der Waals surface area (Å²) < 4.78 is 35.0. The number of pyridine rings is 1. The van der Waals surface area contributed by atoms with E-state index in [1.165, 1.54) is 16.7 Å². The van der Waals surface area contributed by atoms with Gasteiger partial charge in [-0.1, -0.05) is 159 Å². The van der Waals surface area contributed by atoms with Crippen LogP contribution < -0.4 is 14.5 Å². The Morgan fingerprint density at radius 1 is 0.552 bits per heavy atom. The van der Waals surface area contributed by atoms with Crippen LogP contribution in [0.15, 0.2) is 158 Å². The average molecular weight is 1060 g/mol. The van der Waals surface area contributed by atoms with Gasteiger partial charge in [0.25, 0.3) is 0 Å². The molecule has 1 aliphatic rings. The van der Waals surface area contributed by atoms with Crippen LogP contribution in [0.3, 0.4) is 0 Å². The molecule has 0 aliphatic carbocycles. The van der Waals surface area contributed by atoms with Crippen LogP contribution in [0.4, 0.5) is 22.7 Å². The molecule has 0 spiro atoms. The number of ether oxygens (including phenoxy) is 1. The zero-order valence-electron chi connectivity index (χ0n) is 42.6. The van der Waals surface area contributed by atoms with Gasteiger partial charge in [0.15, 0.2) is 0 Å². The first-order valence-electron chi connectivity index (χ1n) is 24.3. The fourth-order valence-electron chi connectivity index (χ4n) is 8.88. The Bertz CT molecular complexity index is 3410. The van der Waals surface area contributed by atoms with Crippen molar-refractivity contribution >= 4 is 44.6 Å². The minimum atomic E-state index is -2.40. The Labute approximate surface area is 415 Å². The van der Waals surface area contributed by atoms with Gasteiger partial charge < -0.3 is 19.1 Å². The molecule has 0 bridgehead atoms. The Kier molecular flexibility index (Phi) is 10.9. The van der Waals surface area contributed by atoms with E-state index in [1.807, 2.05) is 47.0 Å². The number of aromatic nitrogens is 2. The molecule has 3 heterocycles. The quantitative estimate of drug-likeness (QED) is 0.149. The van der Waals surface area contributed by atoms with Crippen LogP contribution in [-0.2, 0) is 37.3 Å². The van der Waals surface area contributed by atoms with Gasteiger partial charge in [-0.05, 0) is 98.3 Å². The molecule has 0 saturated carbocycles. The van der Waals surface area contributed by atoms with E-state index in [9.17, 15) is 0 Å². The number of nitrogens with zero attached hydrogens (tertiary/aromatic N) is 4. The van der Waals surface area contributed by atoms with Gasteiger partial charge in [0.05, 0.1) is 0 Å². The summed E-state index contributed by atoms with van der Waals surface area (Å²) in [6, 6.07) is 59.4. The maximum atomic E-state index is 8.71. The molecular formula is C61H57N4OPt-3. The number of hydrogen-bond acceptors (Lipinski definition) is 4. The predicted octanol–water partition coefficient (Wildman–Crippen LogP) is 16.5. The van der Waals surface area contributed by atoms with Crippen molar-refractivity contribution in [3.05, 3.63) is 199 Å². The minimum Gasteiger partial charge on any atom is -0.509 e. The van der Waals surface area contributed by atoms with Gasteiger partial charge in [-0.15, -0.1) is 53.6 Å². The fourth-order valence-corrected chi connectivity index (χ4v) is 8.88. The first-order chi connectivity index (χ1) is 32.7. The van der Waals surface area contributed by atoms with E-state index in [1.54, 1.807) is 12.3 Å². The van der Waals surface area contributed by atoms with Crippen molar-refractivity contribution in [1.29, 1.82) is 0 Å². The van der Waals surface area contributed by atoms with Crippen molar-refractivity contribution in [3.8, 4) is 39.6 Å². The number of fused-ring (bicyclic) bond motifs is 4. The molecule has 0 amide bonds. The van der Waals surface area contributed by atoms with Gasteiger partial charge in [-0.25, -0.2) is 4.98 Å². The number of para-hydroxylation sites is 3. The maximum absolute atomic E-state index is 8.71. The molecule has 0 unspecified atom stereocenters. The number of benzene rings is 7. The number of aryl methyl sites for hydroxylation is 1. The molecule has 9 aromatic rings. The monoisotopic (exact) mass is 1060 g/mol. The van der Waals surface area contributed by atoms with Crippen LogP contribution in [0.25, 0.3) is 49.9 Å². The van der Waals surface area contributed by atoms with Crippen LogP contribution in [0.5, 0.6) is 11.5 Å². The molecule has 10 rings (SSSR count). The molecule has 67 heavy (non-hydrogen) atoms. The molecule has 0 saturated heterocycles. The van der Waals surface area contributed by atoms with E-state index < -0.39 is 6.85 Å². The predicted molar refractivity (Wildman–Crippen MR) is 276 cm³/mol. The summed E-state index contributed by atoms with van der Waals surface area (Å²) in [5, 5.41) is 1.94. The van der Waals surface area contributed by atoms with E-state index in [0.29, 0.717) is 22.9 Å². The normalized spacial score (nSPS) is 13.8. The summed E-state index contributed by atoms with van der Waals surface area (Å²) in [4.78, 5) is 9.46. The molecule has 6 heteroatoms. The first-order valence-corrected chi connectivity index (χ1v) is 22.8. The molecule has 0 atom stereocenters. The third kappa shape index (κ3) is 8.83. The molecule has 0 N–H and O–H groups in total. The third-order valence-electron chi connectivity index (χ3n) is 12.7. The Morgan fingerprint density at radius 2 is 1.21 bits per heavy atom. The third-order valence-corrected chi connectivity index (χ3v) is 12.7. The Morgan fingerprint density at radius 3 is 1.94 bits per heavy atom. The van der Waals surface area contributed by atoms with Gasteiger partial charge in [0, 0.05) is 71.0 Å². The summed E-state index contributed by atoms with van der Waals surface area (Å²) in [6.07, 6.45) is 1.70. The molecule has 0 fully saturated rings. The van der Waals surface area contributed by atoms with Gasteiger partial charge in [-0.3, -0.25) is 0 Å². The summed E-state index contributed by atoms with van der Waals surface area (Å²) in [7, 11) is 0. The van der Waals surface area contributed by atoms with Crippen molar-refractivity contribution in [2.75, 3.05) is 9.80 Å². The number of rotatable bonds is 7. The molecule has 7 aromatic carbocycles. The number of hydrogen-bond donors (Lipinski definition) is 0. The topological polar surface area (TPSA) is 33.5 Å². The second kappa shape index (κ2) is 17.3. The van der Waals surface area contributed by atoms with E-state index in [2.05, 4.69) is 194 Å². The van der Waals surface area contributed by atoms with Crippen molar-refractivity contribution < 1.29 is 29.9 Å². The smallest absolute Gasteiger partial charge is 0.135 e. The van der Waals surface area contributed by atoms with Gasteiger partial charge >= 0.3 is 0 Å². The molecule has 0 radical (unpaired) electrons. The molecular weight excluding hydrogens is 1000 g/mol. The van der Waals surface area contributed by atoms with Crippen molar-refractivity contribution in [3.63, 3.8) is 0 Å². The summed E-state index contributed by atoms with van der Waals surface area (Å²) in [6.45, 7) is 19.6. The van der Waals surface area contributed by atoms with E-state index in [0.717, 1.165) is 61.2 Å². The van der Waals surface area contributed by atoms with E-state index >= 15 is 0 Å². The Hall–Kier alpha value is -6.42. The van der Waals surface area contributed by atoms with Crippen LogP contribution >= 0.6 is 0 Å². The van der Waals surface area contributed by atoms with E-state index in [4.69, 9.17) is 13.8 Å². The van der Waals surface area contributed by atoms with Gasteiger partial charge in [0.2, 0.25) is 0 Å².